The van der Waals surface area contributed by atoms with Crippen molar-refractivity contribution in [1.29, 1.82) is 0 Å². The van der Waals surface area contributed by atoms with Crippen molar-refractivity contribution in [3.63, 3.8) is 0 Å². The van der Waals surface area contributed by atoms with Crippen molar-refractivity contribution >= 4 is 58.7 Å². The predicted octanol–water partition coefficient (Wildman–Crippen LogP) is 2.84. The lowest BCUT2D eigenvalue weighted by Gasteiger charge is -2.35. The fraction of sp³-hybridized carbons (Fsp3) is 0.556. The molecule has 0 aromatic heterocycles. The molecule has 1 saturated heterocycles. The standard InChI is InChI=1S/C18H23Cl3N4O2S/c19-14-2-1-12(7-15(14)20)9-25-5-6-27-13(10-25)8-24-16(26)11-28-18-17(21)22-3-4-23-18/h2,4,7,12-13,22H,1,3,5-6,8-11H2,(H,24,26)/t12?,13-/m0/s1. The largest absolute Gasteiger partial charge is 0.374 e. The molecule has 1 amide bonds. The molecule has 2 heterocycles. The van der Waals surface area contributed by atoms with Gasteiger partial charge in [-0.2, -0.15) is 0 Å². The zero-order chi connectivity index (χ0) is 19.9. The second-order valence-electron chi connectivity index (χ2n) is 6.72. The first kappa shape index (κ1) is 22.0. The zero-order valence-electron chi connectivity index (χ0n) is 15.3. The summed E-state index contributed by atoms with van der Waals surface area (Å²) in [5.41, 5.74) is 0. The molecule has 3 aliphatic rings. The minimum Gasteiger partial charge on any atom is -0.374 e. The van der Waals surface area contributed by atoms with Gasteiger partial charge in [0.25, 0.3) is 0 Å². The maximum Gasteiger partial charge on any atom is 0.230 e. The first-order valence-corrected chi connectivity index (χ1v) is 11.3. The average Bonchev–Trinajstić information content (AvgIpc) is 2.69. The van der Waals surface area contributed by atoms with Crippen LogP contribution in [0.3, 0.4) is 0 Å². The van der Waals surface area contributed by atoms with Gasteiger partial charge in [-0.1, -0.05) is 58.7 Å². The number of carbonyl (C=O) groups excluding carboxylic acids is 1. The molecule has 10 heteroatoms. The van der Waals surface area contributed by atoms with Crippen LogP contribution in [0.25, 0.3) is 0 Å². The topological polar surface area (TPSA) is 66.0 Å². The van der Waals surface area contributed by atoms with Crippen molar-refractivity contribution in [3.8, 4) is 0 Å². The second kappa shape index (κ2) is 10.9. The molecular weight excluding hydrogens is 443 g/mol. The minimum atomic E-state index is -0.0646. The molecule has 0 saturated carbocycles. The summed E-state index contributed by atoms with van der Waals surface area (Å²) in [4.78, 5) is 18.7. The van der Waals surface area contributed by atoms with Crippen LogP contribution in [-0.2, 0) is 9.53 Å². The quantitative estimate of drug-likeness (QED) is 0.566. The number of nitrogens with zero attached hydrogens (tertiary/aromatic N) is 2. The van der Waals surface area contributed by atoms with E-state index in [0.717, 1.165) is 26.1 Å². The predicted molar refractivity (Wildman–Crippen MR) is 117 cm³/mol. The molecule has 6 nitrogen and oxygen atoms in total. The van der Waals surface area contributed by atoms with Crippen molar-refractivity contribution in [3.05, 3.63) is 32.4 Å². The van der Waals surface area contributed by atoms with Gasteiger partial charge in [0.1, 0.15) is 10.2 Å². The molecular formula is C18H23Cl3N4O2S. The Balaban J connectivity index is 1.38. The van der Waals surface area contributed by atoms with E-state index in [4.69, 9.17) is 39.5 Å². The van der Waals surface area contributed by atoms with Gasteiger partial charge in [-0.05, 0) is 12.3 Å². The fourth-order valence-electron chi connectivity index (χ4n) is 3.14. The summed E-state index contributed by atoms with van der Waals surface area (Å²) in [6.45, 7) is 4.29. The van der Waals surface area contributed by atoms with Gasteiger partial charge >= 0.3 is 0 Å². The summed E-state index contributed by atoms with van der Waals surface area (Å²) in [5, 5.41) is 8.29. The first-order valence-electron chi connectivity index (χ1n) is 9.14. The Hall–Kier alpha value is -0.700. The van der Waals surface area contributed by atoms with Crippen LogP contribution < -0.4 is 10.6 Å². The smallest absolute Gasteiger partial charge is 0.230 e. The number of allylic oxidation sites excluding steroid dienone is 3. The van der Waals surface area contributed by atoms with Crippen LogP contribution in [0.4, 0.5) is 0 Å². The Morgan fingerprint density at radius 3 is 3.04 bits per heavy atom. The molecule has 0 radical (unpaired) electrons. The highest BCUT2D eigenvalue weighted by Crippen LogP contribution is 2.29. The van der Waals surface area contributed by atoms with E-state index in [0.29, 0.717) is 45.9 Å². The van der Waals surface area contributed by atoms with Gasteiger partial charge in [-0.15, -0.1) is 0 Å². The number of morpholine rings is 1. The van der Waals surface area contributed by atoms with Gasteiger partial charge in [-0.25, -0.2) is 4.99 Å². The summed E-state index contributed by atoms with van der Waals surface area (Å²) in [6.07, 6.45) is 6.59. The number of hydrogen-bond donors (Lipinski definition) is 2. The van der Waals surface area contributed by atoms with Crippen molar-refractivity contribution < 1.29 is 9.53 Å². The molecule has 0 spiro atoms. The van der Waals surface area contributed by atoms with Crippen LogP contribution in [0, 0.1) is 5.92 Å². The molecule has 0 aromatic carbocycles. The third kappa shape index (κ3) is 6.68. The maximum absolute atomic E-state index is 12.1. The monoisotopic (exact) mass is 464 g/mol. The van der Waals surface area contributed by atoms with Crippen LogP contribution in [0.15, 0.2) is 37.4 Å². The van der Waals surface area contributed by atoms with Crippen LogP contribution in [0.5, 0.6) is 0 Å². The minimum absolute atomic E-state index is 0.0259. The van der Waals surface area contributed by atoms with Gasteiger partial charge < -0.3 is 15.4 Å². The van der Waals surface area contributed by atoms with Gasteiger partial charge in [-0.3, -0.25) is 9.69 Å². The van der Waals surface area contributed by atoms with E-state index in [9.17, 15) is 4.79 Å². The second-order valence-corrected chi connectivity index (χ2v) is 8.88. The number of thioether (sulfide) groups is 1. The Morgan fingerprint density at radius 2 is 2.25 bits per heavy atom. The van der Waals surface area contributed by atoms with Crippen LogP contribution >= 0.6 is 46.6 Å². The lowest BCUT2D eigenvalue weighted by atomic mass is 9.99. The Bertz CT molecular complexity index is 711. The molecule has 0 aromatic rings. The van der Waals surface area contributed by atoms with Crippen molar-refractivity contribution in [2.75, 3.05) is 45.1 Å². The average molecular weight is 466 g/mol. The molecule has 1 unspecified atom stereocenters. The van der Waals surface area contributed by atoms with E-state index >= 15 is 0 Å². The van der Waals surface area contributed by atoms with Gasteiger partial charge in [0.2, 0.25) is 5.91 Å². The highest BCUT2D eigenvalue weighted by Gasteiger charge is 2.24. The van der Waals surface area contributed by atoms with E-state index in [2.05, 4.69) is 20.5 Å². The molecule has 2 N–H and O–H groups in total. The van der Waals surface area contributed by atoms with E-state index in [-0.39, 0.29) is 17.8 Å². The number of carbonyl (C=O) groups is 1. The van der Waals surface area contributed by atoms with Crippen molar-refractivity contribution in [2.24, 2.45) is 10.9 Å². The molecule has 3 rings (SSSR count). The van der Waals surface area contributed by atoms with Crippen LogP contribution in [0.1, 0.15) is 6.42 Å². The number of rotatable bonds is 7. The normalized spacial score (nSPS) is 25.8. The van der Waals surface area contributed by atoms with Crippen molar-refractivity contribution in [1.82, 2.24) is 15.5 Å². The molecule has 28 heavy (non-hydrogen) atoms. The van der Waals surface area contributed by atoms with Gasteiger partial charge in [0.15, 0.2) is 0 Å². The van der Waals surface area contributed by atoms with Gasteiger partial charge in [0.05, 0.1) is 35.1 Å². The van der Waals surface area contributed by atoms with Crippen molar-refractivity contribution in [2.45, 2.75) is 12.5 Å². The number of aliphatic imine (C=N–C) groups is 1. The number of nitrogens with one attached hydrogen (secondary N) is 2. The third-order valence-electron chi connectivity index (χ3n) is 4.54. The number of amides is 1. The molecule has 0 bridgehead atoms. The lowest BCUT2D eigenvalue weighted by Crippen LogP contribution is -2.48. The van der Waals surface area contributed by atoms with Crippen LogP contribution in [-0.4, -0.2) is 68.2 Å². The summed E-state index contributed by atoms with van der Waals surface area (Å²) in [7, 11) is 0. The summed E-state index contributed by atoms with van der Waals surface area (Å²) in [5.74, 6) is 0.548. The third-order valence-corrected chi connectivity index (χ3v) is 6.74. The fourth-order valence-corrected chi connectivity index (χ4v) is 4.56. The van der Waals surface area contributed by atoms with E-state index in [1.807, 2.05) is 12.2 Å². The molecule has 1 fully saturated rings. The van der Waals surface area contributed by atoms with E-state index in [1.54, 1.807) is 6.21 Å². The highest BCUT2D eigenvalue weighted by atomic mass is 35.5. The first-order chi connectivity index (χ1) is 13.5. The molecule has 1 aliphatic carbocycles. The van der Waals surface area contributed by atoms with E-state index < -0.39 is 0 Å². The Labute approximate surface area is 184 Å². The highest BCUT2D eigenvalue weighted by molar-refractivity contribution is 8.03. The summed E-state index contributed by atoms with van der Waals surface area (Å²) >= 11 is 19.5. The summed E-state index contributed by atoms with van der Waals surface area (Å²) < 4.78 is 5.80. The van der Waals surface area contributed by atoms with Crippen LogP contribution in [0.2, 0.25) is 0 Å². The molecule has 154 valence electrons. The van der Waals surface area contributed by atoms with E-state index in [1.165, 1.54) is 11.8 Å². The zero-order valence-corrected chi connectivity index (χ0v) is 18.4. The summed E-state index contributed by atoms with van der Waals surface area (Å²) in [6, 6.07) is 0. The number of ether oxygens (including phenoxy) is 1. The Morgan fingerprint density at radius 1 is 1.39 bits per heavy atom. The van der Waals surface area contributed by atoms with Gasteiger partial charge in [0, 0.05) is 32.4 Å². The molecule has 2 atom stereocenters. The Kier molecular flexibility index (Phi) is 8.56. The maximum atomic E-state index is 12.1. The molecule has 2 aliphatic heterocycles. The lowest BCUT2D eigenvalue weighted by molar-refractivity contribution is -0.119. The SMILES string of the molecule is O=C(CSC1=C(Cl)NCC=N1)NC[C@H]1CN(CC2C=C(Cl)C(Cl)=CC2)CCO1. The number of hydrogen-bond acceptors (Lipinski definition) is 6. The number of halogens is 3.